The van der Waals surface area contributed by atoms with E-state index < -0.39 is 0 Å². The third kappa shape index (κ3) is 5.90. The van der Waals surface area contributed by atoms with Gasteiger partial charge in [0.15, 0.2) is 0 Å². The molecule has 2 atom stereocenters. The van der Waals surface area contributed by atoms with Crippen LogP contribution >= 0.6 is 11.8 Å². The number of piperazine rings is 1. The molecule has 2 fully saturated rings. The SMILES string of the molecule is COc1ccc(CN2C[C@@H](Sc3ccc(F)cc3)C[C@H]2C(=O)N2CCN(c3ccccc3F)CC2)c2ccccc12. The van der Waals surface area contributed by atoms with Gasteiger partial charge in [-0.1, -0.05) is 42.5 Å². The van der Waals surface area contributed by atoms with Crippen molar-refractivity contribution < 1.29 is 18.3 Å². The maximum absolute atomic E-state index is 14.4. The van der Waals surface area contributed by atoms with Crippen molar-refractivity contribution in [1.82, 2.24) is 9.80 Å². The Balaban J connectivity index is 1.22. The lowest BCUT2D eigenvalue weighted by atomic mass is 10.0. The Labute approximate surface area is 243 Å². The Hall–Kier alpha value is -3.62. The number of likely N-dealkylation sites (tertiary alicyclic amines) is 1. The maximum atomic E-state index is 14.4. The molecule has 0 saturated carbocycles. The lowest BCUT2D eigenvalue weighted by Gasteiger charge is -2.38. The lowest BCUT2D eigenvalue weighted by molar-refractivity contribution is -0.136. The molecule has 0 aromatic heterocycles. The minimum absolute atomic E-state index is 0.123. The van der Waals surface area contributed by atoms with Crippen LogP contribution in [0.3, 0.4) is 0 Å². The van der Waals surface area contributed by atoms with Crippen LogP contribution in [0.2, 0.25) is 0 Å². The highest BCUT2D eigenvalue weighted by Gasteiger charge is 2.40. The van der Waals surface area contributed by atoms with Gasteiger partial charge in [-0.2, -0.15) is 0 Å². The second-order valence-corrected chi connectivity index (χ2v) is 12.0. The molecule has 8 heteroatoms. The molecular weight excluding hydrogens is 540 g/mol. The van der Waals surface area contributed by atoms with Crippen molar-refractivity contribution in [3.63, 3.8) is 0 Å². The second kappa shape index (κ2) is 12.1. The normalized spacial score (nSPS) is 19.6. The summed E-state index contributed by atoms with van der Waals surface area (Å²) in [5, 5.41) is 2.36. The summed E-state index contributed by atoms with van der Waals surface area (Å²) in [5.41, 5.74) is 1.74. The predicted molar refractivity (Wildman–Crippen MR) is 161 cm³/mol. The van der Waals surface area contributed by atoms with E-state index >= 15 is 0 Å². The molecular formula is C33H33F2N3O2S. The highest BCUT2D eigenvalue weighted by atomic mass is 32.2. The Morgan fingerprint density at radius 2 is 1.59 bits per heavy atom. The number of halogens is 2. The summed E-state index contributed by atoms with van der Waals surface area (Å²) in [7, 11) is 1.68. The Kier molecular flexibility index (Phi) is 8.12. The average Bonchev–Trinajstić information content (AvgIpc) is 3.40. The number of benzene rings is 4. The highest BCUT2D eigenvalue weighted by Crippen LogP contribution is 2.36. The monoisotopic (exact) mass is 573 g/mol. The zero-order chi connectivity index (χ0) is 28.3. The standard InChI is InChI=1S/C33H33F2N3O2S/c1-40-32-15-10-23(27-6-2-3-7-28(27)32)21-38-22-26(41-25-13-11-24(34)12-14-25)20-31(38)33(39)37-18-16-36(17-19-37)30-9-5-4-8-29(30)35/h2-15,26,31H,16-22H2,1H3/t26-,31-/m0/s1. The Morgan fingerprint density at radius 1 is 0.878 bits per heavy atom. The van der Waals surface area contributed by atoms with Crippen molar-refractivity contribution in [1.29, 1.82) is 0 Å². The topological polar surface area (TPSA) is 36.0 Å². The van der Waals surface area contributed by atoms with Crippen LogP contribution in [-0.2, 0) is 11.3 Å². The molecule has 1 amide bonds. The van der Waals surface area contributed by atoms with Crippen molar-refractivity contribution in [2.75, 3.05) is 44.7 Å². The van der Waals surface area contributed by atoms with Gasteiger partial charge < -0.3 is 14.5 Å². The fraction of sp³-hybridized carbons (Fsp3) is 0.303. The molecule has 0 spiro atoms. The number of fused-ring (bicyclic) bond motifs is 1. The first-order valence-electron chi connectivity index (χ1n) is 14.0. The molecule has 6 rings (SSSR count). The molecule has 2 aliphatic rings. The molecule has 0 bridgehead atoms. The maximum Gasteiger partial charge on any atom is 0.240 e. The zero-order valence-corrected chi connectivity index (χ0v) is 23.8. The number of hydrogen-bond acceptors (Lipinski definition) is 5. The van der Waals surface area contributed by atoms with Crippen LogP contribution in [0.4, 0.5) is 14.5 Å². The minimum Gasteiger partial charge on any atom is -0.496 e. The summed E-state index contributed by atoms with van der Waals surface area (Å²) < 4.78 is 33.5. The van der Waals surface area contributed by atoms with E-state index in [4.69, 9.17) is 4.74 Å². The summed E-state index contributed by atoms with van der Waals surface area (Å²) in [6, 6.07) is 25.4. The number of methoxy groups -OCH3 is 1. The number of anilines is 1. The summed E-state index contributed by atoms with van der Waals surface area (Å²) in [6.45, 7) is 3.68. The van der Waals surface area contributed by atoms with E-state index in [0.717, 1.165) is 33.5 Å². The third-order valence-electron chi connectivity index (χ3n) is 8.12. The minimum atomic E-state index is -0.270. The van der Waals surface area contributed by atoms with Crippen molar-refractivity contribution >= 4 is 34.1 Å². The van der Waals surface area contributed by atoms with Gasteiger partial charge in [0.05, 0.1) is 18.8 Å². The molecule has 4 aromatic rings. The number of carbonyl (C=O) groups is 1. The van der Waals surface area contributed by atoms with Crippen LogP contribution in [0.15, 0.2) is 89.8 Å². The van der Waals surface area contributed by atoms with Gasteiger partial charge >= 0.3 is 0 Å². The molecule has 2 heterocycles. The lowest BCUT2D eigenvalue weighted by Crippen LogP contribution is -2.53. The predicted octanol–water partition coefficient (Wildman–Crippen LogP) is 6.21. The van der Waals surface area contributed by atoms with Gasteiger partial charge in [-0.3, -0.25) is 9.69 Å². The van der Waals surface area contributed by atoms with Crippen LogP contribution in [-0.4, -0.2) is 66.8 Å². The number of ether oxygens (including phenoxy) is 1. The summed E-state index contributed by atoms with van der Waals surface area (Å²) in [5.74, 6) is 0.465. The molecule has 0 aliphatic carbocycles. The van der Waals surface area contributed by atoms with E-state index in [0.29, 0.717) is 44.8 Å². The van der Waals surface area contributed by atoms with Gasteiger partial charge in [-0.25, -0.2) is 8.78 Å². The largest absolute Gasteiger partial charge is 0.496 e. The first-order chi connectivity index (χ1) is 20.0. The van der Waals surface area contributed by atoms with Crippen molar-refractivity contribution in [2.45, 2.75) is 29.2 Å². The molecule has 4 aromatic carbocycles. The van der Waals surface area contributed by atoms with Crippen LogP contribution in [0, 0.1) is 11.6 Å². The van der Waals surface area contributed by atoms with Crippen LogP contribution in [0.1, 0.15) is 12.0 Å². The van der Waals surface area contributed by atoms with Crippen LogP contribution in [0.25, 0.3) is 10.8 Å². The number of amides is 1. The number of carbonyl (C=O) groups excluding carboxylic acids is 1. The first kappa shape index (κ1) is 27.5. The first-order valence-corrected chi connectivity index (χ1v) is 14.9. The molecule has 2 saturated heterocycles. The third-order valence-corrected chi connectivity index (χ3v) is 9.34. The van der Waals surface area contributed by atoms with Gasteiger partial charge in [-0.15, -0.1) is 11.8 Å². The summed E-state index contributed by atoms with van der Waals surface area (Å²) in [6.07, 6.45) is 0.711. The number of hydrogen-bond donors (Lipinski definition) is 0. The Morgan fingerprint density at radius 3 is 2.32 bits per heavy atom. The number of para-hydroxylation sites is 1. The van der Waals surface area contributed by atoms with Crippen molar-refractivity contribution in [3.8, 4) is 5.75 Å². The molecule has 212 valence electrons. The van der Waals surface area contributed by atoms with Gasteiger partial charge in [0, 0.05) is 54.8 Å². The summed E-state index contributed by atoms with van der Waals surface area (Å²) in [4.78, 5) is 21.3. The fourth-order valence-corrected chi connectivity index (χ4v) is 7.26. The molecule has 0 N–H and O–H groups in total. The smallest absolute Gasteiger partial charge is 0.240 e. The molecule has 2 aliphatic heterocycles. The Bertz CT molecular complexity index is 1520. The van der Waals surface area contributed by atoms with E-state index in [1.165, 1.54) is 18.2 Å². The van der Waals surface area contributed by atoms with E-state index in [9.17, 15) is 13.6 Å². The van der Waals surface area contributed by atoms with Gasteiger partial charge in [-0.05, 0) is 59.8 Å². The molecule has 0 unspecified atom stereocenters. The number of nitrogens with zero attached hydrogens (tertiary/aromatic N) is 3. The van der Waals surface area contributed by atoms with E-state index in [2.05, 4.69) is 23.1 Å². The quantitative estimate of drug-likeness (QED) is 0.263. The number of rotatable bonds is 7. The van der Waals surface area contributed by atoms with Crippen LogP contribution in [0.5, 0.6) is 5.75 Å². The van der Waals surface area contributed by atoms with Crippen molar-refractivity contribution in [3.05, 3.63) is 102 Å². The molecule has 5 nitrogen and oxygen atoms in total. The zero-order valence-electron chi connectivity index (χ0n) is 23.0. The molecule has 41 heavy (non-hydrogen) atoms. The van der Waals surface area contributed by atoms with Gasteiger partial charge in [0.1, 0.15) is 17.4 Å². The van der Waals surface area contributed by atoms with E-state index in [1.807, 2.05) is 34.1 Å². The average molecular weight is 574 g/mol. The highest BCUT2D eigenvalue weighted by molar-refractivity contribution is 8.00. The van der Waals surface area contributed by atoms with Crippen molar-refractivity contribution in [2.24, 2.45) is 0 Å². The van der Waals surface area contributed by atoms with E-state index in [-0.39, 0.29) is 28.8 Å². The van der Waals surface area contributed by atoms with Gasteiger partial charge in [0.25, 0.3) is 0 Å². The fourth-order valence-electron chi connectivity index (χ4n) is 6.04. The van der Waals surface area contributed by atoms with E-state index in [1.54, 1.807) is 43.1 Å². The summed E-state index contributed by atoms with van der Waals surface area (Å²) >= 11 is 1.70. The van der Waals surface area contributed by atoms with Crippen LogP contribution < -0.4 is 9.64 Å². The van der Waals surface area contributed by atoms with Gasteiger partial charge in [0.2, 0.25) is 5.91 Å². The second-order valence-electron chi connectivity index (χ2n) is 10.6. The molecule has 0 radical (unpaired) electrons. The number of thioether (sulfide) groups is 1.